The van der Waals surface area contributed by atoms with Gasteiger partial charge < -0.3 is 25.2 Å². The van der Waals surface area contributed by atoms with E-state index in [4.69, 9.17) is 37.7 Å². The van der Waals surface area contributed by atoms with E-state index in [-0.39, 0.29) is 11.6 Å². The van der Waals surface area contributed by atoms with E-state index >= 15 is 0 Å². The first kappa shape index (κ1) is 30.0. The van der Waals surface area contributed by atoms with Crippen LogP contribution in [-0.4, -0.2) is 57.3 Å². The van der Waals surface area contributed by atoms with E-state index in [0.717, 1.165) is 12.0 Å². The fourth-order valence-corrected chi connectivity index (χ4v) is 5.90. The summed E-state index contributed by atoms with van der Waals surface area (Å²) in [4.78, 5) is 22.0. The molecule has 0 amide bonds. The molecule has 0 bridgehead atoms. The Morgan fingerprint density at radius 1 is 1.07 bits per heavy atom. The van der Waals surface area contributed by atoms with Crippen molar-refractivity contribution in [3.05, 3.63) is 93.0 Å². The second kappa shape index (κ2) is 12.9. The van der Waals surface area contributed by atoms with Crippen molar-refractivity contribution in [3.8, 4) is 28.3 Å². The summed E-state index contributed by atoms with van der Waals surface area (Å²) in [6.45, 7) is 1.41. The number of pyridine rings is 2. The average molecular weight is 634 g/mol. The number of anilines is 2. The zero-order valence-corrected chi connectivity index (χ0v) is 25.6. The third kappa shape index (κ3) is 5.87. The molecule has 12 heteroatoms. The monoisotopic (exact) mass is 632 g/mol. The molecule has 0 radical (unpaired) electrons. The second-order valence-corrected chi connectivity index (χ2v) is 11.2. The van der Waals surface area contributed by atoms with Crippen LogP contribution in [0.5, 0.6) is 5.88 Å². The van der Waals surface area contributed by atoms with Crippen LogP contribution in [0.3, 0.4) is 0 Å². The minimum absolute atomic E-state index is 0.0620. The normalized spacial score (nSPS) is 16.7. The fraction of sp³-hybridized carbons (Fsp3) is 0.250. The standard InChI is InChI=1S/C32H30Cl2N6O4/c1-40-32(42)27-18(16-37-40)11-13-35-30(27)38-25-8-4-6-21(29(25)34)20-5-3-7-22(28(20)33)23-10-9-19(31(39-23)43-2)15-36-24-12-14-44-17-26(24)41/h3-11,13,16,24,26,36,41H,12,14-15,17H2,1-2H3,(H,35,38)/t24-,26-/m0/s1. The lowest BCUT2D eigenvalue weighted by Gasteiger charge is -2.28. The fourth-order valence-electron chi connectivity index (χ4n) is 5.30. The van der Waals surface area contributed by atoms with Crippen LogP contribution in [0.4, 0.5) is 11.5 Å². The number of nitrogens with zero attached hydrogens (tertiary/aromatic N) is 4. The second-order valence-electron chi connectivity index (χ2n) is 10.4. The molecule has 3 aromatic heterocycles. The summed E-state index contributed by atoms with van der Waals surface area (Å²) in [5.74, 6) is 0.841. The minimum Gasteiger partial charge on any atom is -0.481 e. The number of hydrogen-bond donors (Lipinski definition) is 3. The highest BCUT2D eigenvalue weighted by Gasteiger charge is 2.24. The van der Waals surface area contributed by atoms with Crippen LogP contribution in [0.15, 0.2) is 71.8 Å². The topological polar surface area (TPSA) is 123 Å². The van der Waals surface area contributed by atoms with Crippen LogP contribution >= 0.6 is 23.2 Å². The summed E-state index contributed by atoms with van der Waals surface area (Å²) >= 11 is 14.0. The van der Waals surface area contributed by atoms with Crippen molar-refractivity contribution in [2.45, 2.75) is 25.1 Å². The first-order valence-electron chi connectivity index (χ1n) is 14.0. The van der Waals surface area contributed by atoms with Crippen molar-refractivity contribution in [1.29, 1.82) is 0 Å². The summed E-state index contributed by atoms with van der Waals surface area (Å²) in [5, 5.41) is 22.9. The Bertz CT molecular complexity index is 1900. The number of fused-ring (bicyclic) bond motifs is 1. The molecule has 5 aromatic rings. The van der Waals surface area contributed by atoms with Gasteiger partial charge in [0.2, 0.25) is 5.88 Å². The van der Waals surface area contributed by atoms with E-state index in [1.807, 2.05) is 48.5 Å². The number of nitrogens with one attached hydrogen (secondary N) is 2. The number of aliphatic hydroxyl groups excluding tert-OH is 1. The van der Waals surface area contributed by atoms with Gasteiger partial charge >= 0.3 is 0 Å². The lowest BCUT2D eigenvalue weighted by atomic mass is 10.00. The van der Waals surface area contributed by atoms with Gasteiger partial charge in [0.05, 0.1) is 52.8 Å². The van der Waals surface area contributed by atoms with Crippen molar-refractivity contribution in [3.63, 3.8) is 0 Å². The maximum absolute atomic E-state index is 12.9. The Hall–Kier alpha value is -4.06. The molecular weight excluding hydrogens is 603 g/mol. The van der Waals surface area contributed by atoms with Crippen LogP contribution in [0.1, 0.15) is 12.0 Å². The summed E-state index contributed by atoms with van der Waals surface area (Å²) < 4.78 is 12.2. The van der Waals surface area contributed by atoms with Gasteiger partial charge in [-0.1, -0.05) is 59.6 Å². The third-order valence-corrected chi connectivity index (χ3v) is 8.51. The van der Waals surface area contributed by atoms with E-state index in [2.05, 4.69) is 20.7 Å². The lowest BCUT2D eigenvalue weighted by Crippen LogP contribution is -2.46. The van der Waals surface area contributed by atoms with Crippen LogP contribution in [0.2, 0.25) is 10.0 Å². The van der Waals surface area contributed by atoms with Crippen LogP contribution < -0.4 is 20.9 Å². The summed E-state index contributed by atoms with van der Waals surface area (Å²) in [7, 11) is 3.17. The Balaban J connectivity index is 1.30. The van der Waals surface area contributed by atoms with Crippen molar-refractivity contribution in [2.24, 2.45) is 7.05 Å². The van der Waals surface area contributed by atoms with E-state index in [9.17, 15) is 9.90 Å². The summed E-state index contributed by atoms with van der Waals surface area (Å²) in [6, 6.07) is 16.7. The van der Waals surface area contributed by atoms with Gasteiger partial charge in [-0.15, -0.1) is 0 Å². The molecule has 4 heterocycles. The minimum atomic E-state index is -0.558. The molecule has 6 rings (SSSR count). The molecule has 2 aromatic carbocycles. The van der Waals surface area contributed by atoms with Crippen LogP contribution in [0.25, 0.3) is 33.2 Å². The van der Waals surface area contributed by atoms with Crippen LogP contribution in [0, 0.1) is 0 Å². The van der Waals surface area contributed by atoms with Gasteiger partial charge in [-0.25, -0.2) is 14.6 Å². The highest BCUT2D eigenvalue weighted by molar-refractivity contribution is 6.39. The van der Waals surface area contributed by atoms with E-state index < -0.39 is 6.10 Å². The Morgan fingerprint density at radius 3 is 2.64 bits per heavy atom. The molecule has 226 valence electrons. The number of benzene rings is 2. The molecule has 1 saturated heterocycles. The van der Waals surface area contributed by atoms with Gasteiger partial charge in [-0.2, -0.15) is 5.10 Å². The molecule has 1 aliphatic heterocycles. The SMILES string of the molecule is COc1nc(-c2cccc(-c3cccc(Nc4nccc5cnn(C)c(=O)c45)c3Cl)c2Cl)ccc1CN[C@H]1CCOC[C@@H]1O. The quantitative estimate of drug-likeness (QED) is 0.207. The average Bonchev–Trinajstić information content (AvgIpc) is 3.04. The van der Waals surface area contributed by atoms with Crippen molar-refractivity contribution < 1.29 is 14.6 Å². The molecule has 0 aliphatic carbocycles. The third-order valence-electron chi connectivity index (χ3n) is 7.69. The zero-order valence-electron chi connectivity index (χ0n) is 24.1. The predicted octanol–water partition coefficient (Wildman–Crippen LogP) is 5.36. The van der Waals surface area contributed by atoms with Crippen LogP contribution in [-0.2, 0) is 18.3 Å². The molecule has 3 N–H and O–H groups in total. The molecule has 44 heavy (non-hydrogen) atoms. The predicted molar refractivity (Wildman–Crippen MR) is 172 cm³/mol. The summed E-state index contributed by atoms with van der Waals surface area (Å²) in [6.07, 6.45) is 3.40. The molecule has 1 fully saturated rings. The highest BCUT2D eigenvalue weighted by Crippen LogP contribution is 2.42. The van der Waals surface area contributed by atoms with Crippen molar-refractivity contribution in [2.75, 3.05) is 25.6 Å². The zero-order chi connectivity index (χ0) is 30.8. The van der Waals surface area contributed by atoms with Crippen molar-refractivity contribution >= 4 is 45.5 Å². The number of halogens is 2. The van der Waals surface area contributed by atoms with Gasteiger partial charge in [0, 0.05) is 60.1 Å². The molecule has 0 saturated carbocycles. The van der Waals surface area contributed by atoms with Gasteiger partial charge in [0.1, 0.15) is 5.82 Å². The number of ether oxygens (including phenoxy) is 2. The van der Waals surface area contributed by atoms with Crippen molar-refractivity contribution in [1.82, 2.24) is 25.1 Å². The van der Waals surface area contributed by atoms with E-state index in [1.54, 1.807) is 32.6 Å². The summed E-state index contributed by atoms with van der Waals surface area (Å²) in [5.41, 5.74) is 3.91. The molecule has 2 atom stereocenters. The molecule has 0 unspecified atom stereocenters. The molecular formula is C32H30Cl2N6O4. The Labute approximate surface area is 263 Å². The lowest BCUT2D eigenvalue weighted by molar-refractivity contribution is -0.0281. The smallest absolute Gasteiger partial charge is 0.278 e. The number of aromatic nitrogens is 4. The highest BCUT2D eigenvalue weighted by atomic mass is 35.5. The largest absolute Gasteiger partial charge is 0.481 e. The molecule has 0 spiro atoms. The number of aliphatic hydroxyl groups is 1. The number of methoxy groups -OCH3 is 1. The van der Waals surface area contributed by atoms with E-state index in [1.165, 1.54) is 4.68 Å². The number of rotatable bonds is 8. The maximum atomic E-state index is 12.9. The van der Waals surface area contributed by atoms with Gasteiger partial charge in [-0.3, -0.25) is 4.79 Å². The van der Waals surface area contributed by atoms with Gasteiger partial charge in [0.15, 0.2) is 0 Å². The van der Waals surface area contributed by atoms with Gasteiger partial charge in [-0.05, 0) is 24.6 Å². The number of hydrogen-bond acceptors (Lipinski definition) is 9. The maximum Gasteiger partial charge on any atom is 0.278 e. The van der Waals surface area contributed by atoms with E-state index in [0.29, 0.717) is 80.3 Å². The number of aryl methyl sites for hydroxylation is 1. The molecule has 10 nitrogen and oxygen atoms in total. The first-order chi connectivity index (χ1) is 21.4. The first-order valence-corrected chi connectivity index (χ1v) is 14.8. The molecule has 1 aliphatic rings. The van der Waals surface area contributed by atoms with Gasteiger partial charge in [0.25, 0.3) is 5.56 Å². The Kier molecular flexibility index (Phi) is 8.79. The Morgan fingerprint density at radius 2 is 1.84 bits per heavy atom.